The first-order valence-corrected chi connectivity index (χ1v) is 13.9. The van der Waals surface area contributed by atoms with Crippen molar-refractivity contribution in [1.29, 1.82) is 0 Å². The molecule has 0 aliphatic carbocycles. The number of aliphatic carboxylic acids is 1. The topological polar surface area (TPSA) is 130 Å². The van der Waals surface area contributed by atoms with Crippen LogP contribution in [0.5, 0.6) is 11.5 Å². The van der Waals surface area contributed by atoms with E-state index < -0.39 is 15.8 Å². The van der Waals surface area contributed by atoms with Gasteiger partial charge in [0.15, 0.2) is 9.84 Å². The summed E-state index contributed by atoms with van der Waals surface area (Å²) in [6.45, 7) is 0. The number of carbonyl (C=O) groups is 2. The maximum Gasteiger partial charge on any atom is 0.309 e. The molecule has 5 rings (SSSR count). The number of carboxylic acids is 1. The lowest BCUT2D eigenvalue weighted by atomic mass is 10.0. The van der Waals surface area contributed by atoms with Crippen LogP contribution in [-0.2, 0) is 25.8 Å². The third-order valence-electron chi connectivity index (χ3n) is 6.20. The zero-order chi connectivity index (χ0) is 25.6. The van der Waals surface area contributed by atoms with E-state index in [1.807, 2.05) is 18.2 Å². The second-order valence-electron chi connectivity index (χ2n) is 8.78. The molecule has 1 saturated heterocycles. The van der Waals surface area contributed by atoms with Crippen LogP contribution in [0.1, 0.15) is 30.1 Å². The summed E-state index contributed by atoms with van der Waals surface area (Å²) < 4.78 is 29.8. The van der Waals surface area contributed by atoms with Crippen LogP contribution in [0.3, 0.4) is 0 Å². The number of aromatic amines is 1. The molecule has 9 nitrogen and oxygen atoms in total. The molecule has 2 aromatic heterocycles. The van der Waals surface area contributed by atoms with Gasteiger partial charge in [-0.25, -0.2) is 13.4 Å². The molecule has 1 atom stereocenters. The highest BCUT2D eigenvalue weighted by atomic mass is 32.2. The number of benzene rings is 2. The average molecular weight is 526 g/mol. The van der Waals surface area contributed by atoms with Gasteiger partial charge in [0.1, 0.15) is 16.5 Å². The Kier molecular flexibility index (Phi) is 6.05. The zero-order valence-electron chi connectivity index (χ0n) is 19.5. The molecule has 1 unspecified atom stereocenters. The molecule has 1 aliphatic rings. The minimum atomic E-state index is -3.33. The second-order valence-corrected chi connectivity index (χ2v) is 11.7. The van der Waals surface area contributed by atoms with Crippen LogP contribution in [0.15, 0.2) is 52.7 Å². The first-order valence-electron chi connectivity index (χ1n) is 11.2. The first-order chi connectivity index (χ1) is 17.1. The molecule has 1 fully saturated rings. The monoisotopic (exact) mass is 525 g/mol. The number of likely N-dealkylation sites (tertiary alicyclic amines) is 1. The van der Waals surface area contributed by atoms with Crippen LogP contribution in [0, 0.1) is 0 Å². The number of H-pyrrole nitrogens is 1. The van der Waals surface area contributed by atoms with Crippen molar-refractivity contribution in [2.24, 2.45) is 0 Å². The summed E-state index contributed by atoms with van der Waals surface area (Å²) in [5.74, 6) is 0.167. The molecular weight excluding hydrogens is 502 g/mol. The second kappa shape index (κ2) is 9.07. The summed E-state index contributed by atoms with van der Waals surface area (Å²) in [6, 6.07) is 11.8. The van der Waals surface area contributed by atoms with Crippen molar-refractivity contribution in [1.82, 2.24) is 14.9 Å². The highest BCUT2D eigenvalue weighted by Gasteiger charge is 2.31. The van der Waals surface area contributed by atoms with Gasteiger partial charge in [0, 0.05) is 41.6 Å². The van der Waals surface area contributed by atoms with Gasteiger partial charge in [-0.2, -0.15) is 0 Å². The van der Waals surface area contributed by atoms with E-state index in [4.69, 9.17) is 9.84 Å². The summed E-state index contributed by atoms with van der Waals surface area (Å²) in [5, 5.41) is 12.3. The lowest BCUT2D eigenvalue weighted by molar-refractivity contribution is -0.136. The van der Waals surface area contributed by atoms with Crippen LogP contribution in [0.25, 0.3) is 21.6 Å². The predicted molar refractivity (Wildman–Crippen MR) is 135 cm³/mol. The first kappa shape index (κ1) is 24.0. The van der Waals surface area contributed by atoms with E-state index in [0.29, 0.717) is 35.0 Å². The Morgan fingerprint density at radius 1 is 1.25 bits per heavy atom. The van der Waals surface area contributed by atoms with Gasteiger partial charge in [0.05, 0.1) is 28.7 Å². The Bertz CT molecular complexity index is 1590. The van der Waals surface area contributed by atoms with E-state index in [9.17, 15) is 18.0 Å². The number of fused-ring (bicyclic) bond motifs is 1. The number of rotatable bonds is 7. The Labute approximate surface area is 211 Å². The van der Waals surface area contributed by atoms with Crippen LogP contribution in [0.4, 0.5) is 0 Å². The Morgan fingerprint density at radius 3 is 2.64 bits per heavy atom. The van der Waals surface area contributed by atoms with E-state index in [1.54, 1.807) is 29.5 Å². The lowest BCUT2D eigenvalue weighted by Gasteiger charge is -2.23. The van der Waals surface area contributed by atoms with E-state index in [2.05, 4.69) is 9.97 Å². The van der Waals surface area contributed by atoms with Crippen LogP contribution < -0.4 is 4.74 Å². The zero-order valence-corrected chi connectivity index (χ0v) is 21.1. The van der Waals surface area contributed by atoms with Crippen molar-refractivity contribution in [3.05, 3.63) is 59.1 Å². The molecule has 2 N–H and O–H groups in total. The fourth-order valence-corrected chi connectivity index (χ4v) is 5.78. The SMILES string of the molecule is CN1C(=O)CCC1c1cc2[nH]c(-c3nc(CC(=O)O)cs3)cc2cc1Oc1ccc(S(C)(=O)=O)cc1. The maximum atomic E-state index is 12.3. The molecule has 0 radical (unpaired) electrons. The molecule has 0 saturated carbocycles. The van der Waals surface area contributed by atoms with Gasteiger partial charge >= 0.3 is 5.97 Å². The van der Waals surface area contributed by atoms with Crippen molar-refractivity contribution >= 4 is 44.0 Å². The number of hydrogen-bond donors (Lipinski definition) is 2. The predicted octanol–water partition coefficient (Wildman–Crippen LogP) is 4.41. The number of aromatic nitrogens is 2. The number of nitrogens with zero attached hydrogens (tertiary/aromatic N) is 2. The number of carbonyl (C=O) groups excluding carboxylic acids is 1. The third kappa shape index (κ3) is 4.71. The molecule has 0 bridgehead atoms. The maximum absolute atomic E-state index is 12.3. The van der Waals surface area contributed by atoms with Gasteiger partial charge in [-0.3, -0.25) is 9.59 Å². The minimum Gasteiger partial charge on any atom is -0.481 e. The number of nitrogens with one attached hydrogen (secondary N) is 1. The highest BCUT2D eigenvalue weighted by molar-refractivity contribution is 7.90. The molecule has 1 aliphatic heterocycles. The quantitative estimate of drug-likeness (QED) is 0.366. The minimum absolute atomic E-state index is 0.0597. The number of ether oxygens (including phenoxy) is 1. The molecule has 3 heterocycles. The molecule has 186 valence electrons. The fraction of sp³-hybridized carbons (Fsp3) is 0.240. The van der Waals surface area contributed by atoms with Gasteiger partial charge in [-0.05, 0) is 48.9 Å². The van der Waals surface area contributed by atoms with Crippen molar-refractivity contribution in [3.8, 4) is 22.2 Å². The number of thiazole rings is 1. The summed E-state index contributed by atoms with van der Waals surface area (Å²) in [6.07, 6.45) is 2.11. The normalized spacial score (nSPS) is 16.1. The van der Waals surface area contributed by atoms with Gasteiger partial charge in [0.2, 0.25) is 5.91 Å². The largest absolute Gasteiger partial charge is 0.481 e. The van der Waals surface area contributed by atoms with Crippen molar-refractivity contribution in [2.45, 2.75) is 30.2 Å². The van der Waals surface area contributed by atoms with Crippen LogP contribution in [-0.4, -0.2) is 53.6 Å². The van der Waals surface area contributed by atoms with Gasteiger partial charge in [0.25, 0.3) is 0 Å². The number of carboxylic acid groups (broad SMARTS) is 1. The van der Waals surface area contributed by atoms with Crippen LogP contribution >= 0.6 is 11.3 Å². The lowest BCUT2D eigenvalue weighted by Crippen LogP contribution is -2.22. The van der Waals surface area contributed by atoms with E-state index in [1.165, 1.54) is 23.5 Å². The van der Waals surface area contributed by atoms with Gasteiger partial charge in [-0.1, -0.05) is 0 Å². The molecule has 4 aromatic rings. The highest BCUT2D eigenvalue weighted by Crippen LogP contribution is 2.41. The average Bonchev–Trinajstić information content (AvgIpc) is 3.52. The Morgan fingerprint density at radius 2 is 2.00 bits per heavy atom. The fourth-order valence-electron chi connectivity index (χ4n) is 4.36. The summed E-state index contributed by atoms with van der Waals surface area (Å²) >= 11 is 1.36. The van der Waals surface area contributed by atoms with Gasteiger partial charge in [-0.15, -0.1) is 11.3 Å². The standard InChI is InChI=1S/C25H23N3O6S2/c1-28-21(7-8-23(28)29)18-12-19-14(9-20(27-19)25-26-15(13-35-25)11-24(30)31)10-22(18)34-16-3-5-17(6-4-16)36(2,32)33/h3-6,9-10,12-13,21,27H,7-8,11H2,1-2H3,(H,30,31). The van der Waals surface area contributed by atoms with E-state index in [-0.39, 0.29) is 23.3 Å². The smallest absolute Gasteiger partial charge is 0.309 e. The van der Waals surface area contributed by atoms with Crippen molar-refractivity contribution in [2.75, 3.05) is 13.3 Å². The molecule has 36 heavy (non-hydrogen) atoms. The van der Waals surface area contributed by atoms with Crippen molar-refractivity contribution < 1.29 is 27.9 Å². The summed E-state index contributed by atoms with van der Waals surface area (Å²) in [5.41, 5.74) is 2.92. The Hall–Kier alpha value is -3.70. The van der Waals surface area contributed by atoms with Crippen LogP contribution in [0.2, 0.25) is 0 Å². The number of amides is 1. The summed E-state index contributed by atoms with van der Waals surface area (Å²) in [4.78, 5) is 33.0. The molecule has 11 heteroatoms. The molecule has 1 amide bonds. The number of sulfone groups is 1. The molecular formula is C25H23N3O6S2. The number of hydrogen-bond acceptors (Lipinski definition) is 7. The van der Waals surface area contributed by atoms with E-state index in [0.717, 1.165) is 28.4 Å². The summed E-state index contributed by atoms with van der Waals surface area (Å²) in [7, 11) is -1.55. The van der Waals surface area contributed by atoms with E-state index >= 15 is 0 Å². The Balaban J connectivity index is 1.55. The third-order valence-corrected chi connectivity index (χ3v) is 8.25. The molecule has 0 spiro atoms. The van der Waals surface area contributed by atoms with Crippen molar-refractivity contribution in [3.63, 3.8) is 0 Å². The molecule has 2 aromatic carbocycles. The van der Waals surface area contributed by atoms with Gasteiger partial charge < -0.3 is 19.7 Å².